The van der Waals surface area contributed by atoms with E-state index in [1.807, 2.05) is 0 Å². The van der Waals surface area contributed by atoms with E-state index < -0.39 is 24.6 Å². The molecule has 2 heterocycles. The summed E-state index contributed by atoms with van der Waals surface area (Å²) < 4.78 is 45.2. The maximum absolute atomic E-state index is 13.9. The summed E-state index contributed by atoms with van der Waals surface area (Å²) in [6.07, 6.45) is 0.460. The van der Waals surface area contributed by atoms with Crippen molar-refractivity contribution in [1.29, 1.82) is 0 Å². The summed E-state index contributed by atoms with van der Waals surface area (Å²) in [5, 5.41) is 0. The molecule has 3 aliphatic rings. The third kappa shape index (κ3) is 3.62. The Kier molecular flexibility index (Phi) is 5.35. The second kappa shape index (κ2) is 7.10. The predicted octanol–water partition coefficient (Wildman–Crippen LogP) is 3.51. The summed E-state index contributed by atoms with van der Waals surface area (Å²) in [4.78, 5) is 0. The fraction of sp³-hybridized carbons (Fsp3) is 1.00. The Morgan fingerprint density at radius 2 is 1.41 bits per heavy atom. The van der Waals surface area contributed by atoms with E-state index >= 15 is 0 Å². The number of halogens is 2. The molecule has 3 rings (SSSR count). The van der Waals surface area contributed by atoms with Crippen LogP contribution in [0.25, 0.3) is 0 Å². The molecule has 3 nitrogen and oxygen atoms in total. The van der Waals surface area contributed by atoms with Crippen LogP contribution in [0.2, 0.25) is 0 Å². The number of ether oxygens (including phenoxy) is 3. The smallest absolute Gasteiger partial charge is 0.160 e. The molecule has 2 aliphatic heterocycles. The van der Waals surface area contributed by atoms with Gasteiger partial charge in [0.1, 0.15) is 12.3 Å². The van der Waals surface area contributed by atoms with Crippen molar-refractivity contribution < 1.29 is 23.0 Å². The van der Waals surface area contributed by atoms with Crippen LogP contribution in [0.4, 0.5) is 8.78 Å². The molecular formula is C17H28F2O3. The Balaban J connectivity index is 1.47. The fourth-order valence-corrected chi connectivity index (χ4v) is 3.85. The van der Waals surface area contributed by atoms with Crippen molar-refractivity contribution in [2.75, 3.05) is 19.8 Å². The van der Waals surface area contributed by atoms with Gasteiger partial charge in [-0.05, 0) is 31.6 Å². The first-order valence-electron chi connectivity index (χ1n) is 8.67. The van der Waals surface area contributed by atoms with Crippen LogP contribution in [0.1, 0.15) is 39.5 Å². The Morgan fingerprint density at radius 1 is 0.773 bits per heavy atom. The quantitative estimate of drug-likeness (QED) is 0.780. The number of hydrogen-bond acceptors (Lipinski definition) is 3. The van der Waals surface area contributed by atoms with Gasteiger partial charge in [0, 0.05) is 24.4 Å². The number of alkyl halides is 2. The Bertz CT molecular complexity index is 340. The molecule has 0 aromatic carbocycles. The summed E-state index contributed by atoms with van der Waals surface area (Å²) >= 11 is 0. The second-order valence-electron chi connectivity index (χ2n) is 7.47. The Hall–Kier alpha value is -0.260. The predicted molar refractivity (Wildman–Crippen MR) is 79.0 cm³/mol. The molecule has 4 atom stereocenters. The molecule has 0 aromatic heterocycles. The van der Waals surface area contributed by atoms with E-state index in [2.05, 4.69) is 6.92 Å². The minimum atomic E-state index is -1.10. The molecule has 4 unspecified atom stereocenters. The third-order valence-electron chi connectivity index (χ3n) is 5.60. The van der Waals surface area contributed by atoms with E-state index in [1.165, 1.54) is 6.42 Å². The van der Waals surface area contributed by atoms with E-state index in [0.29, 0.717) is 32.0 Å². The number of hydrogen-bond donors (Lipinski definition) is 0. The minimum Gasteiger partial charge on any atom is -0.377 e. The summed E-state index contributed by atoms with van der Waals surface area (Å²) in [7, 11) is 0. The van der Waals surface area contributed by atoms with Crippen LogP contribution in [0.15, 0.2) is 0 Å². The first-order valence-corrected chi connectivity index (χ1v) is 8.67. The average molecular weight is 318 g/mol. The average Bonchev–Trinajstić information content (AvgIpc) is 2.53. The van der Waals surface area contributed by atoms with Crippen molar-refractivity contribution in [2.24, 2.45) is 23.7 Å². The van der Waals surface area contributed by atoms with E-state index in [-0.39, 0.29) is 17.9 Å². The molecule has 22 heavy (non-hydrogen) atoms. The van der Waals surface area contributed by atoms with Crippen molar-refractivity contribution in [1.82, 2.24) is 0 Å². The highest BCUT2D eigenvalue weighted by Gasteiger charge is 2.42. The topological polar surface area (TPSA) is 27.7 Å². The molecule has 0 spiro atoms. The molecule has 128 valence electrons. The summed E-state index contributed by atoms with van der Waals surface area (Å²) in [6, 6.07) is 0. The van der Waals surface area contributed by atoms with Crippen LogP contribution in [-0.2, 0) is 14.2 Å². The SMILES string of the molecule is CC1CCC(C2COC(C3CC(F)C(C)C(F)C3)OC2)OC1. The summed E-state index contributed by atoms with van der Waals surface area (Å²) in [6.45, 7) is 5.79. The highest BCUT2D eigenvalue weighted by atomic mass is 19.1. The van der Waals surface area contributed by atoms with Gasteiger partial charge >= 0.3 is 0 Å². The van der Waals surface area contributed by atoms with Crippen LogP contribution in [0, 0.1) is 23.7 Å². The minimum absolute atomic E-state index is 0.172. The third-order valence-corrected chi connectivity index (χ3v) is 5.60. The van der Waals surface area contributed by atoms with Gasteiger partial charge in [-0.2, -0.15) is 0 Å². The molecule has 2 saturated heterocycles. The highest BCUT2D eigenvalue weighted by molar-refractivity contribution is 4.87. The Labute approximate surface area is 131 Å². The fourth-order valence-electron chi connectivity index (χ4n) is 3.85. The Morgan fingerprint density at radius 3 is 1.95 bits per heavy atom. The van der Waals surface area contributed by atoms with Crippen LogP contribution in [0.5, 0.6) is 0 Å². The van der Waals surface area contributed by atoms with Gasteiger partial charge in [-0.25, -0.2) is 8.78 Å². The van der Waals surface area contributed by atoms with Gasteiger partial charge in [-0.1, -0.05) is 13.8 Å². The van der Waals surface area contributed by atoms with E-state index in [1.54, 1.807) is 6.92 Å². The first-order chi connectivity index (χ1) is 10.5. The maximum Gasteiger partial charge on any atom is 0.160 e. The van der Waals surface area contributed by atoms with Crippen molar-refractivity contribution in [2.45, 2.75) is 64.3 Å². The zero-order valence-electron chi connectivity index (χ0n) is 13.5. The molecule has 0 bridgehead atoms. The normalized spacial score (nSPS) is 50.7. The van der Waals surface area contributed by atoms with Crippen LogP contribution in [-0.4, -0.2) is 44.6 Å². The highest BCUT2D eigenvalue weighted by Crippen LogP contribution is 2.38. The molecule has 1 aliphatic carbocycles. The molecular weight excluding hydrogens is 290 g/mol. The van der Waals surface area contributed by atoms with E-state index in [4.69, 9.17) is 14.2 Å². The molecule has 1 saturated carbocycles. The molecule has 3 fully saturated rings. The van der Waals surface area contributed by atoms with Crippen molar-refractivity contribution in [3.05, 3.63) is 0 Å². The van der Waals surface area contributed by atoms with Gasteiger partial charge in [-0.3, -0.25) is 0 Å². The lowest BCUT2D eigenvalue weighted by atomic mass is 9.79. The van der Waals surface area contributed by atoms with E-state index in [9.17, 15) is 8.78 Å². The zero-order chi connectivity index (χ0) is 15.7. The zero-order valence-corrected chi connectivity index (χ0v) is 13.5. The monoisotopic (exact) mass is 318 g/mol. The lowest BCUT2D eigenvalue weighted by Crippen LogP contribution is -2.46. The van der Waals surface area contributed by atoms with Crippen molar-refractivity contribution >= 4 is 0 Å². The van der Waals surface area contributed by atoms with Gasteiger partial charge in [-0.15, -0.1) is 0 Å². The maximum atomic E-state index is 13.9. The molecule has 0 N–H and O–H groups in total. The lowest BCUT2D eigenvalue weighted by molar-refractivity contribution is -0.251. The largest absolute Gasteiger partial charge is 0.377 e. The van der Waals surface area contributed by atoms with Gasteiger partial charge < -0.3 is 14.2 Å². The lowest BCUT2D eigenvalue weighted by Gasteiger charge is -2.41. The second-order valence-corrected chi connectivity index (χ2v) is 7.47. The van der Waals surface area contributed by atoms with Crippen molar-refractivity contribution in [3.8, 4) is 0 Å². The molecule has 0 radical (unpaired) electrons. The summed E-state index contributed by atoms with van der Waals surface area (Å²) in [5.74, 6) is 0.190. The van der Waals surface area contributed by atoms with Crippen LogP contribution >= 0.6 is 0 Å². The first kappa shape index (κ1) is 16.6. The van der Waals surface area contributed by atoms with Gasteiger partial charge in [0.2, 0.25) is 0 Å². The van der Waals surface area contributed by atoms with Crippen molar-refractivity contribution in [3.63, 3.8) is 0 Å². The van der Waals surface area contributed by atoms with Crippen LogP contribution in [0.3, 0.4) is 0 Å². The standard InChI is InChI=1S/C17H28F2O3/c1-10-3-4-16(20-7-10)13-8-21-17(22-9-13)12-5-14(18)11(2)15(19)6-12/h10-17H,3-9H2,1-2H3. The number of rotatable bonds is 2. The summed E-state index contributed by atoms with van der Waals surface area (Å²) in [5.41, 5.74) is 0. The van der Waals surface area contributed by atoms with Crippen LogP contribution < -0.4 is 0 Å². The molecule has 5 heteroatoms. The molecule has 0 amide bonds. The van der Waals surface area contributed by atoms with E-state index in [0.717, 1.165) is 13.0 Å². The van der Waals surface area contributed by atoms with Gasteiger partial charge in [0.25, 0.3) is 0 Å². The van der Waals surface area contributed by atoms with Gasteiger partial charge in [0.15, 0.2) is 6.29 Å². The van der Waals surface area contributed by atoms with Gasteiger partial charge in [0.05, 0.1) is 19.3 Å². The molecule has 0 aromatic rings.